The van der Waals surface area contributed by atoms with Crippen LogP contribution in [0.2, 0.25) is 0 Å². The Morgan fingerprint density at radius 2 is 2.05 bits per heavy atom. The Kier molecular flexibility index (Phi) is 3.15. The zero-order chi connectivity index (χ0) is 14.1. The number of thiazole rings is 1. The molecule has 0 atom stereocenters. The highest BCUT2D eigenvalue weighted by Crippen LogP contribution is 2.26. The van der Waals surface area contributed by atoms with Crippen molar-refractivity contribution in [2.45, 2.75) is 13.8 Å². The number of aryl methyl sites for hydroxylation is 2. The van der Waals surface area contributed by atoms with Gasteiger partial charge in [0.15, 0.2) is 5.13 Å². The highest BCUT2D eigenvalue weighted by Gasteiger charge is 2.11. The zero-order valence-electron chi connectivity index (χ0n) is 11.0. The molecule has 2 heterocycles. The van der Waals surface area contributed by atoms with E-state index >= 15 is 0 Å². The van der Waals surface area contributed by atoms with Crippen LogP contribution in [0.15, 0.2) is 30.5 Å². The second-order valence-corrected chi connectivity index (χ2v) is 5.46. The Morgan fingerprint density at radius 1 is 1.20 bits per heavy atom. The van der Waals surface area contributed by atoms with Gasteiger partial charge in [0.2, 0.25) is 0 Å². The molecule has 1 amide bonds. The molecule has 0 bridgehead atoms. The Balaban J connectivity index is 1.87. The number of hydrogen-bond acceptors (Lipinski definition) is 5. The fourth-order valence-electron chi connectivity index (χ4n) is 1.83. The number of benzene rings is 1. The molecule has 0 spiro atoms. The van der Waals surface area contributed by atoms with Gasteiger partial charge in [0.05, 0.1) is 10.2 Å². The molecule has 6 heteroatoms. The van der Waals surface area contributed by atoms with Crippen LogP contribution in [-0.4, -0.2) is 20.9 Å². The number of aromatic nitrogens is 3. The van der Waals surface area contributed by atoms with Crippen LogP contribution >= 0.6 is 11.3 Å². The Morgan fingerprint density at radius 3 is 2.85 bits per heavy atom. The summed E-state index contributed by atoms with van der Waals surface area (Å²) in [5.74, 6) is 0.295. The summed E-state index contributed by atoms with van der Waals surface area (Å²) in [6.07, 6.45) is 1.57. The van der Waals surface area contributed by atoms with Crippen LogP contribution < -0.4 is 5.32 Å². The van der Waals surface area contributed by atoms with Crippen LogP contribution in [-0.2, 0) is 0 Å². The summed E-state index contributed by atoms with van der Waals surface area (Å²) in [7, 11) is 0. The first kappa shape index (κ1) is 12.7. The topological polar surface area (TPSA) is 67.8 Å². The first-order valence-electron chi connectivity index (χ1n) is 6.10. The van der Waals surface area contributed by atoms with E-state index in [4.69, 9.17) is 0 Å². The second-order valence-electron chi connectivity index (χ2n) is 4.43. The molecule has 0 radical (unpaired) electrons. The lowest BCUT2D eigenvalue weighted by Crippen LogP contribution is -2.14. The Bertz CT molecular complexity index is 797. The van der Waals surface area contributed by atoms with Crippen molar-refractivity contribution < 1.29 is 4.79 Å². The number of carbonyl (C=O) groups is 1. The van der Waals surface area contributed by atoms with Gasteiger partial charge in [0.1, 0.15) is 11.5 Å². The normalized spacial score (nSPS) is 10.7. The van der Waals surface area contributed by atoms with Crippen LogP contribution in [0.4, 0.5) is 5.13 Å². The van der Waals surface area contributed by atoms with E-state index in [1.807, 2.05) is 19.1 Å². The first-order valence-corrected chi connectivity index (χ1v) is 6.92. The van der Waals surface area contributed by atoms with Gasteiger partial charge in [-0.05, 0) is 37.6 Å². The van der Waals surface area contributed by atoms with Crippen molar-refractivity contribution >= 4 is 32.6 Å². The van der Waals surface area contributed by atoms with Gasteiger partial charge in [0.25, 0.3) is 5.91 Å². The van der Waals surface area contributed by atoms with Gasteiger partial charge in [-0.1, -0.05) is 17.4 Å². The van der Waals surface area contributed by atoms with E-state index < -0.39 is 0 Å². The summed E-state index contributed by atoms with van der Waals surface area (Å²) < 4.78 is 1.05. The van der Waals surface area contributed by atoms with Gasteiger partial charge in [-0.2, -0.15) is 0 Å². The second kappa shape index (κ2) is 4.97. The van der Waals surface area contributed by atoms with Gasteiger partial charge in [0, 0.05) is 6.20 Å². The SMILES string of the molecule is Cc1ccc2nc(NC(=O)c3ccnc(C)n3)sc2c1. The third-order valence-corrected chi connectivity index (χ3v) is 3.71. The van der Waals surface area contributed by atoms with Crippen molar-refractivity contribution in [1.82, 2.24) is 15.0 Å². The average Bonchev–Trinajstić information content (AvgIpc) is 2.80. The predicted molar refractivity (Wildman–Crippen MR) is 79.1 cm³/mol. The molecule has 0 unspecified atom stereocenters. The van der Waals surface area contributed by atoms with Crippen LogP contribution in [0.3, 0.4) is 0 Å². The van der Waals surface area contributed by atoms with Crippen molar-refractivity contribution in [3.8, 4) is 0 Å². The summed E-state index contributed by atoms with van der Waals surface area (Å²) >= 11 is 1.45. The molecule has 0 saturated carbocycles. The molecular weight excluding hydrogens is 272 g/mol. The maximum atomic E-state index is 12.1. The number of nitrogens with zero attached hydrogens (tertiary/aromatic N) is 3. The van der Waals surface area contributed by atoms with Crippen molar-refractivity contribution in [2.24, 2.45) is 0 Å². The third-order valence-electron chi connectivity index (χ3n) is 2.77. The monoisotopic (exact) mass is 284 g/mol. The average molecular weight is 284 g/mol. The number of amides is 1. The zero-order valence-corrected chi connectivity index (χ0v) is 11.9. The van der Waals surface area contributed by atoms with Gasteiger partial charge in [-0.3, -0.25) is 10.1 Å². The van der Waals surface area contributed by atoms with Crippen molar-refractivity contribution in [3.05, 3.63) is 47.5 Å². The maximum Gasteiger partial charge on any atom is 0.276 e. The van der Waals surface area contributed by atoms with Gasteiger partial charge in [-0.15, -0.1) is 0 Å². The molecule has 1 aromatic carbocycles. The van der Waals surface area contributed by atoms with Gasteiger partial charge in [-0.25, -0.2) is 15.0 Å². The molecule has 2 aromatic heterocycles. The molecule has 3 rings (SSSR count). The van der Waals surface area contributed by atoms with Gasteiger partial charge >= 0.3 is 0 Å². The van der Waals surface area contributed by atoms with Crippen LogP contribution in [0.5, 0.6) is 0 Å². The maximum absolute atomic E-state index is 12.1. The highest BCUT2D eigenvalue weighted by molar-refractivity contribution is 7.22. The summed E-state index contributed by atoms with van der Waals surface area (Å²) in [4.78, 5) is 24.5. The lowest BCUT2D eigenvalue weighted by Gasteiger charge is -2.00. The largest absolute Gasteiger partial charge is 0.296 e. The summed E-state index contributed by atoms with van der Waals surface area (Å²) in [5.41, 5.74) is 2.40. The van der Waals surface area contributed by atoms with Crippen molar-refractivity contribution in [1.29, 1.82) is 0 Å². The molecular formula is C14H12N4OS. The van der Waals surface area contributed by atoms with E-state index in [0.29, 0.717) is 16.6 Å². The lowest BCUT2D eigenvalue weighted by molar-refractivity contribution is 0.102. The number of hydrogen-bond donors (Lipinski definition) is 1. The number of nitrogens with one attached hydrogen (secondary N) is 1. The third kappa shape index (κ3) is 2.50. The molecule has 0 saturated heterocycles. The Hall–Kier alpha value is -2.34. The van der Waals surface area contributed by atoms with Crippen LogP contribution in [0.1, 0.15) is 21.9 Å². The van der Waals surface area contributed by atoms with Crippen molar-refractivity contribution in [2.75, 3.05) is 5.32 Å². The molecule has 0 fully saturated rings. The van der Waals surface area contributed by atoms with Gasteiger partial charge < -0.3 is 0 Å². The van der Waals surface area contributed by atoms with E-state index in [9.17, 15) is 4.79 Å². The number of rotatable bonds is 2. The molecule has 0 aliphatic carbocycles. The van der Waals surface area contributed by atoms with Crippen molar-refractivity contribution in [3.63, 3.8) is 0 Å². The summed E-state index contributed by atoms with van der Waals surface area (Å²) in [6.45, 7) is 3.78. The molecule has 1 N–H and O–H groups in total. The fraction of sp³-hybridized carbons (Fsp3) is 0.143. The van der Waals surface area contributed by atoms with E-state index in [1.165, 1.54) is 16.9 Å². The minimum atomic E-state index is -0.272. The molecule has 5 nitrogen and oxygen atoms in total. The van der Waals surface area contributed by atoms with Crippen LogP contribution in [0.25, 0.3) is 10.2 Å². The van der Waals surface area contributed by atoms with E-state index in [0.717, 1.165) is 10.2 Å². The number of carbonyl (C=O) groups excluding carboxylic acids is 1. The molecule has 0 aliphatic heterocycles. The number of fused-ring (bicyclic) bond motifs is 1. The standard InChI is InChI=1S/C14H12N4OS/c1-8-3-4-10-12(7-8)20-14(17-10)18-13(19)11-5-6-15-9(2)16-11/h3-7H,1-2H3,(H,17,18,19). The predicted octanol–water partition coefficient (Wildman–Crippen LogP) is 2.96. The fourth-order valence-corrected chi connectivity index (χ4v) is 2.79. The molecule has 20 heavy (non-hydrogen) atoms. The highest BCUT2D eigenvalue weighted by atomic mass is 32.1. The molecule has 100 valence electrons. The summed E-state index contributed by atoms with van der Waals surface area (Å²) in [5, 5.41) is 3.35. The minimum absolute atomic E-state index is 0.272. The van der Waals surface area contributed by atoms with E-state index in [-0.39, 0.29) is 5.91 Å². The van der Waals surface area contributed by atoms with E-state index in [2.05, 4.69) is 26.3 Å². The smallest absolute Gasteiger partial charge is 0.276 e. The van der Waals surface area contributed by atoms with E-state index in [1.54, 1.807) is 19.2 Å². The van der Waals surface area contributed by atoms with Crippen LogP contribution in [0, 0.1) is 13.8 Å². The minimum Gasteiger partial charge on any atom is -0.296 e. The Labute approximate surface area is 119 Å². The first-order chi connectivity index (χ1) is 9.61. The molecule has 3 aromatic rings. The quantitative estimate of drug-likeness (QED) is 0.785. The summed E-state index contributed by atoms with van der Waals surface area (Å²) in [6, 6.07) is 7.59. The molecule has 0 aliphatic rings. The lowest BCUT2D eigenvalue weighted by atomic mass is 10.2. The number of anilines is 1.